The monoisotopic (exact) mass is 640 g/mol. The Morgan fingerprint density at radius 1 is 0.809 bits per heavy atom. The number of aliphatic hydroxyl groups is 1. The molecule has 47 heavy (non-hydrogen) atoms. The molecule has 0 radical (unpaired) electrons. The summed E-state index contributed by atoms with van der Waals surface area (Å²) in [5.74, 6) is -0.413. The molecule has 0 saturated heterocycles. The number of hydrogen-bond donors (Lipinski definition) is 1. The summed E-state index contributed by atoms with van der Waals surface area (Å²) >= 11 is 0. The van der Waals surface area contributed by atoms with Crippen molar-refractivity contribution in [1.82, 2.24) is 4.57 Å². The largest absolute Gasteiger partial charge is 0.497 e. The first kappa shape index (κ1) is 36.3. The summed E-state index contributed by atoms with van der Waals surface area (Å²) in [4.78, 5) is 43.8. The number of Topliss-reactive ketones (excluding diaryl/α,β-unsaturated/α-hetero) is 1. The van der Waals surface area contributed by atoms with Gasteiger partial charge >= 0.3 is 5.97 Å². The van der Waals surface area contributed by atoms with Crippen molar-refractivity contribution in [2.75, 3.05) is 27.4 Å². The molecule has 0 aliphatic rings. The number of aliphatic hydroxyl groups excluding tert-OH is 1. The topological polar surface area (TPSA) is 148 Å². The van der Waals surface area contributed by atoms with E-state index in [1.54, 1.807) is 44.6 Å². The number of ketones is 2. The fraction of sp³-hybridized carbons (Fsp3) is 0.243. The molecule has 0 atom stereocenters. The zero-order valence-corrected chi connectivity index (χ0v) is 27.4. The summed E-state index contributed by atoms with van der Waals surface area (Å²) in [6.45, 7) is 8.37. The van der Waals surface area contributed by atoms with Crippen LogP contribution in [0.5, 0.6) is 5.75 Å². The van der Waals surface area contributed by atoms with E-state index < -0.39 is 5.97 Å². The summed E-state index contributed by atoms with van der Waals surface area (Å²) in [5, 5.41) is 13.6. The maximum Gasteiger partial charge on any atom is 0.332 e. The molecule has 10 heteroatoms. The van der Waals surface area contributed by atoms with Crippen molar-refractivity contribution >= 4 is 45.1 Å². The fourth-order valence-corrected chi connectivity index (χ4v) is 5.18. The van der Waals surface area contributed by atoms with Crippen molar-refractivity contribution in [3.63, 3.8) is 0 Å². The second kappa shape index (κ2) is 16.4. The molecule has 10 nitrogen and oxygen atoms in total. The molecule has 5 rings (SSSR count). The van der Waals surface area contributed by atoms with E-state index in [-0.39, 0.29) is 29.4 Å². The Morgan fingerprint density at radius 3 is 1.94 bits per heavy atom. The predicted molar refractivity (Wildman–Crippen MR) is 183 cm³/mol. The third-order valence-corrected chi connectivity index (χ3v) is 7.48. The van der Waals surface area contributed by atoms with E-state index in [2.05, 4.69) is 21.4 Å². The van der Waals surface area contributed by atoms with Crippen molar-refractivity contribution in [3.05, 3.63) is 112 Å². The van der Waals surface area contributed by atoms with Crippen LogP contribution in [0.3, 0.4) is 0 Å². The minimum absolute atomic E-state index is 0. The second-order valence-electron chi connectivity index (χ2n) is 10.7. The molecular weight excluding hydrogens is 600 g/mol. The molecule has 3 N–H and O–H groups in total. The number of benzene rings is 4. The molecule has 0 spiro atoms. The third-order valence-electron chi connectivity index (χ3n) is 7.48. The molecule has 0 aliphatic heterocycles. The van der Waals surface area contributed by atoms with Crippen molar-refractivity contribution < 1.29 is 39.3 Å². The molecule has 0 saturated carbocycles. The van der Waals surface area contributed by atoms with E-state index in [4.69, 9.17) is 14.7 Å². The van der Waals surface area contributed by atoms with Gasteiger partial charge in [-0.25, -0.2) is 4.79 Å². The molecule has 0 amide bonds. The summed E-state index contributed by atoms with van der Waals surface area (Å²) in [5.41, 5.74) is 5.83. The minimum Gasteiger partial charge on any atom is -0.497 e. The number of aromatic nitrogens is 1. The summed E-state index contributed by atoms with van der Waals surface area (Å²) < 4.78 is 11.8. The van der Waals surface area contributed by atoms with Gasteiger partial charge in [-0.2, -0.15) is 0 Å². The normalized spacial score (nSPS) is 11.0. The second-order valence-corrected chi connectivity index (χ2v) is 10.7. The van der Waals surface area contributed by atoms with Crippen LogP contribution in [0.15, 0.2) is 84.0 Å². The van der Waals surface area contributed by atoms with Gasteiger partial charge in [-0.15, -0.1) is 0 Å². The van der Waals surface area contributed by atoms with E-state index in [0.717, 1.165) is 32.9 Å². The lowest BCUT2D eigenvalue weighted by Crippen LogP contribution is -2.18. The van der Waals surface area contributed by atoms with Gasteiger partial charge in [-0.3, -0.25) is 9.59 Å². The van der Waals surface area contributed by atoms with Crippen LogP contribution in [0.25, 0.3) is 21.8 Å². The molecule has 1 aromatic heterocycles. The van der Waals surface area contributed by atoms with Crippen molar-refractivity contribution in [2.45, 2.75) is 34.2 Å². The van der Waals surface area contributed by atoms with E-state index >= 15 is 0 Å². The van der Waals surface area contributed by atoms with Crippen LogP contribution in [-0.2, 0) is 20.9 Å². The lowest BCUT2D eigenvalue weighted by Gasteiger charge is -2.10. The molecule has 4 aromatic carbocycles. The Balaban J connectivity index is 0.000000930. The van der Waals surface area contributed by atoms with E-state index in [9.17, 15) is 14.4 Å². The molecule has 0 fully saturated rings. The number of ether oxygens (including phenoxy) is 2. The van der Waals surface area contributed by atoms with Crippen LogP contribution in [0.2, 0.25) is 0 Å². The molecule has 246 valence electrons. The van der Waals surface area contributed by atoms with E-state index in [1.165, 1.54) is 6.92 Å². The van der Waals surface area contributed by atoms with Gasteiger partial charge in [0.1, 0.15) is 5.75 Å². The van der Waals surface area contributed by atoms with Crippen LogP contribution in [-0.4, -0.2) is 65.8 Å². The lowest BCUT2D eigenvalue weighted by atomic mass is 9.95. The highest BCUT2D eigenvalue weighted by atomic mass is 16.7. The maximum atomic E-state index is 13.9. The number of nitrogens with zero attached hydrogens (tertiary/aromatic N) is 2. The standard InChI is InChI=1S/C34H30N2O5.C3H8O2.H2O/c1-6-36-30-15-11-24(33(38)23-9-13-26(40-5)14-10-23)18-28(30)29-19-25(12-16-31(29)36)34(39)32(35-41-22(4)37)27-17-20(2)7-8-21(27)3;1-5-3-2-4;/h7-19H,6H2,1-5H3;4H,2-3H2,1H3;1H2/b35-32+;;. The van der Waals surface area contributed by atoms with Gasteiger partial charge in [0.25, 0.3) is 0 Å². The van der Waals surface area contributed by atoms with Gasteiger partial charge in [-0.05, 0) is 93.1 Å². The molecule has 0 aliphatic carbocycles. The molecular formula is C37H40N2O8. The highest BCUT2D eigenvalue weighted by Gasteiger charge is 2.22. The Morgan fingerprint density at radius 2 is 1.40 bits per heavy atom. The number of rotatable bonds is 10. The average Bonchev–Trinajstić information content (AvgIpc) is 3.38. The lowest BCUT2D eigenvalue weighted by molar-refractivity contribution is -0.140. The number of methoxy groups -OCH3 is 2. The van der Waals surface area contributed by atoms with Crippen LogP contribution in [0.4, 0.5) is 0 Å². The molecule has 5 aromatic rings. The number of oxime groups is 1. The Bertz CT molecular complexity index is 1920. The van der Waals surface area contributed by atoms with Gasteiger partial charge in [0.2, 0.25) is 5.78 Å². The Kier molecular flexibility index (Phi) is 12.7. The Labute approximate surface area is 273 Å². The zero-order valence-electron chi connectivity index (χ0n) is 27.4. The number of aryl methyl sites for hydroxylation is 3. The van der Waals surface area contributed by atoms with Gasteiger partial charge in [0.15, 0.2) is 11.5 Å². The third kappa shape index (κ3) is 8.17. The Hall–Kier alpha value is -5.16. The number of carbonyl (C=O) groups is 3. The predicted octanol–water partition coefficient (Wildman–Crippen LogP) is 5.62. The highest BCUT2D eigenvalue weighted by Crippen LogP contribution is 2.32. The zero-order chi connectivity index (χ0) is 33.4. The first-order chi connectivity index (χ1) is 22.1. The first-order valence-corrected chi connectivity index (χ1v) is 14.9. The molecule has 0 bridgehead atoms. The maximum absolute atomic E-state index is 13.9. The average molecular weight is 641 g/mol. The van der Waals surface area contributed by atoms with Gasteiger partial charge < -0.3 is 29.5 Å². The van der Waals surface area contributed by atoms with Crippen LogP contribution >= 0.6 is 0 Å². The quantitative estimate of drug-likeness (QED) is 0.0901. The van der Waals surface area contributed by atoms with Gasteiger partial charge in [-0.1, -0.05) is 22.9 Å². The summed E-state index contributed by atoms with van der Waals surface area (Å²) in [6, 6.07) is 23.9. The number of fused-ring (bicyclic) bond motifs is 3. The van der Waals surface area contributed by atoms with Gasteiger partial charge in [0.05, 0.1) is 20.3 Å². The van der Waals surface area contributed by atoms with Crippen molar-refractivity contribution in [1.29, 1.82) is 0 Å². The highest BCUT2D eigenvalue weighted by molar-refractivity contribution is 6.51. The van der Waals surface area contributed by atoms with Crippen molar-refractivity contribution in [3.8, 4) is 5.75 Å². The van der Waals surface area contributed by atoms with Crippen LogP contribution in [0.1, 0.15) is 56.8 Å². The van der Waals surface area contributed by atoms with Gasteiger partial charge in [0, 0.05) is 64.6 Å². The van der Waals surface area contributed by atoms with E-state index in [1.807, 2.05) is 62.4 Å². The van der Waals surface area contributed by atoms with E-state index in [0.29, 0.717) is 41.2 Å². The van der Waals surface area contributed by atoms with Crippen LogP contribution in [0, 0.1) is 13.8 Å². The number of carbonyl (C=O) groups excluding carboxylic acids is 3. The molecule has 1 heterocycles. The smallest absolute Gasteiger partial charge is 0.332 e. The summed E-state index contributed by atoms with van der Waals surface area (Å²) in [7, 11) is 3.14. The first-order valence-electron chi connectivity index (χ1n) is 14.9. The van der Waals surface area contributed by atoms with Crippen molar-refractivity contribution in [2.24, 2.45) is 5.16 Å². The minimum atomic E-state index is -0.615. The number of hydrogen-bond acceptors (Lipinski definition) is 8. The molecule has 0 unspecified atom stereocenters. The fourth-order valence-electron chi connectivity index (χ4n) is 5.18. The van der Waals surface area contributed by atoms with Crippen LogP contribution < -0.4 is 4.74 Å². The SMILES string of the molecule is CCn1c2ccc(C(=O)/C(=N/OC(C)=O)c3cc(C)ccc3C)cc2c2cc(C(=O)c3ccc(OC)cc3)ccc21.COCCO.O. The summed E-state index contributed by atoms with van der Waals surface area (Å²) in [6.07, 6.45) is 0.